The highest BCUT2D eigenvalue weighted by molar-refractivity contribution is 5.12. The van der Waals surface area contributed by atoms with Gasteiger partial charge in [0.2, 0.25) is 0 Å². The Hall–Kier alpha value is -0.630. The molecule has 2 aliphatic heterocycles. The Balaban J connectivity index is 1.69. The molecule has 0 unspecified atom stereocenters. The lowest BCUT2D eigenvalue weighted by Gasteiger charge is -2.47. The molecule has 1 aliphatic carbocycles. The average molecular weight is 250 g/mol. The summed E-state index contributed by atoms with van der Waals surface area (Å²) in [5.41, 5.74) is -0.249. The van der Waals surface area contributed by atoms with E-state index in [1.807, 2.05) is 0 Å². The highest BCUT2D eigenvalue weighted by Crippen LogP contribution is 2.43. The van der Waals surface area contributed by atoms with Crippen LogP contribution in [0.4, 0.5) is 0 Å². The second-order valence-electron chi connectivity index (χ2n) is 5.80. The van der Waals surface area contributed by atoms with E-state index in [2.05, 4.69) is 11.0 Å². The first-order valence-corrected chi connectivity index (χ1v) is 7.23. The number of hydrogen-bond donors (Lipinski definition) is 0. The topological polar surface area (TPSA) is 45.5 Å². The van der Waals surface area contributed by atoms with Gasteiger partial charge >= 0.3 is 0 Å². The van der Waals surface area contributed by atoms with Crippen LogP contribution in [0.5, 0.6) is 0 Å². The third-order valence-electron chi connectivity index (χ3n) is 4.82. The van der Waals surface area contributed by atoms with Gasteiger partial charge in [0, 0.05) is 12.8 Å². The van der Waals surface area contributed by atoms with Gasteiger partial charge in [-0.1, -0.05) is 6.42 Å². The molecule has 3 aliphatic rings. The smallest absolute Gasteiger partial charge is 0.168 e. The van der Waals surface area contributed by atoms with Crippen molar-refractivity contribution in [1.29, 1.82) is 5.26 Å². The minimum Gasteiger partial charge on any atom is -0.348 e. The predicted octanol–water partition coefficient (Wildman–Crippen LogP) is 2.05. The molecule has 4 heteroatoms. The summed E-state index contributed by atoms with van der Waals surface area (Å²) >= 11 is 0. The maximum Gasteiger partial charge on any atom is 0.168 e. The number of likely N-dealkylation sites (tertiary alicyclic amines) is 1. The summed E-state index contributed by atoms with van der Waals surface area (Å²) in [6.45, 7) is 3.59. The molecule has 0 bridgehead atoms. The fourth-order valence-electron chi connectivity index (χ4n) is 3.65. The van der Waals surface area contributed by atoms with Crippen LogP contribution in [0.2, 0.25) is 0 Å². The fourth-order valence-corrected chi connectivity index (χ4v) is 3.65. The molecule has 0 aromatic carbocycles. The molecule has 0 amide bonds. The fraction of sp³-hybridized carbons (Fsp3) is 0.929. The van der Waals surface area contributed by atoms with Crippen LogP contribution >= 0.6 is 0 Å². The molecular weight excluding hydrogens is 228 g/mol. The van der Waals surface area contributed by atoms with E-state index < -0.39 is 0 Å². The van der Waals surface area contributed by atoms with Gasteiger partial charge in [0.15, 0.2) is 5.79 Å². The van der Waals surface area contributed by atoms with E-state index in [0.29, 0.717) is 13.2 Å². The third kappa shape index (κ3) is 2.05. The van der Waals surface area contributed by atoms with Gasteiger partial charge < -0.3 is 9.47 Å². The van der Waals surface area contributed by atoms with Gasteiger partial charge in [-0.2, -0.15) is 5.26 Å². The molecule has 3 fully saturated rings. The highest BCUT2D eigenvalue weighted by Gasteiger charge is 2.49. The quantitative estimate of drug-likeness (QED) is 0.714. The maximum atomic E-state index is 9.65. The van der Waals surface area contributed by atoms with Gasteiger partial charge in [0.05, 0.1) is 19.3 Å². The Bertz CT molecular complexity index is 328. The van der Waals surface area contributed by atoms with E-state index in [9.17, 15) is 5.26 Å². The normalized spacial score (nSPS) is 31.3. The van der Waals surface area contributed by atoms with Gasteiger partial charge in [0.1, 0.15) is 5.54 Å². The van der Waals surface area contributed by atoms with Crippen molar-refractivity contribution < 1.29 is 9.47 Å². The summed E-state index contributed by atoms with van der Waals surface area (Å²) in [6, 6.07) is 2.61. The molecule has 4 nitrogen and oxygen atoms in total. The molecule has 1 spiro atoms. The Labute approximate surface area is 109 Å². The predicted molar refractivity (Wildman–Crippen MR) is 66.9 cm³/mol. The van der Waals surface area contributed by atoms with Crippen LogP contribution < -0.4 is 0 Å². The van der Waals surface area contributed by atoms with Crippen molar-refractivity contribution >= 4 is 0 Å². The van der Waals surface area contributed by atoms with Crippen molar-refractivity contribution in [2.75, 3.05) is 26.3 Å². The zero-order valence-electron chi connectivity index (χ0n) is 11.0. The zero-order chi connectivity index (χ0) is 12.5. The lowest BCUT2D eigenvalue weighted by atomic mass is 9.77. The van der Waals surface area contributed by atoms with Crippen LogP contribution in [0.3, 0.4) is 0 Å². The summed E-state index contributed by atoms with van der Waals surface area (Å²) < 4.78 is 11.5. The molecule has 0 atom stereocenters. The molecule has 2 saturated heterocycles. The molecule has 18 heavy (non-hydrogen) atoms. The first-order chi connectivity index (χ1) is 8.79. The van der Waals surface area contributed by atoms with Gasteiger partial charge in [-0.25, -0.2) is 0 Å². The molecule has 0 N–H and O–H groups in total. The minimum absolute atomic E-state index is 0.249. The summed E-state index contributed by atoms with van der Waals surface area (Å²) in [6.07, 6.45) is 7.32. The van der Waals surface area contributed by atoms with Gasteiger partial charge in [0.25, 0.3) is 0 Å². The van der Waals surface area contributed by atoms with E-state index in [4.69, 9.17) is 9.47 Å². The summed E-state index contributed by atoms with van der Waals surface area (Å²) in [5.74, 6) is -0.351. The minimum atomic E-state index is -0.351. The van der Waals surface area contributed by atoms with Crippen molar-refractivity contribution in [1.82, 2.24) is 4.90 Å². The largest absolute Gasteiger partial charge is 0.348 e. The van der Waals surface area contributed by atoms with Crippen LogP contribution in [-0.4, -0.2) is 42.5 Å². The average Bonchev–Trinajstić information content (AvgIpc) is 2.90. The number of rotatable bonds is 1. The van der Waals surface area contributed by atoms with Gasteiger partial charge in [-0.05, 0) is 38.8 Å². The molecule has 0 aromatic rings. The third-order valence-corrected chi connectivity index (χ3v) is 4.82. The highest BCUT2D eigenvalue weighted by atomic mass is 16.7. The second-order valence-corrected chi connectivity index (χ2v) is 5.80. The molecule has 100 valence electrons. The van der Waals surface area contributed by atoms with Crippen molar-refractivity contribution in [3.05, 3.63) is 0 Å². The zero-order valence-corrected chi connectivity index (χ0v) is 11.0. The van der Waals surface area contributed by atoms with E-state index in [1.54, 1.807) is 0 Å². The number of hydrogen-bond acceptors (Lipinski definition) is 4. The number of ether oxygens (including phenoxy) is 2. The van der Waals surface area contributed by atoms with Crippen LogP contribution in [0.1, 0.15) is 44.9 Å². The van der Waals surface area contributed by atoms with Crippen molar-refractivity contribution in [2.24, 2.45) is 0 Å². The summed E-state index contributed by atoms with van der Waals surface area (Å²) in [7, 11) is 0. The molecule has 0 aromatic heterocycles. The van der Waals surface area contributed by atoms with Crippen LogP contribution in [-0.2, 0) is 9.47 Å². The Kier molecular flexibility index (Phi) is 3.31. The van der Waals surface area contributed by atoms with Crippen LogP contribution in [0.15, 0.2) is 0 Å². The first kappa shape index (κ1) is 12.4. The first-order valence-electron chi connectivity index (χ1n) is 7.23. The van der Waals surface area contributed by atoms with Crippen molar-refractivity contribution in [3.8, 4) is 6.07 Å². The van der Waals surface area contributed by atoms with Gasteiger partial charge in [-0.3, -0.25) is 4.90 Å². The van der Waals surface area contributed by atoms with Crippen LogP contribution in [0, 0.1) is 11.3 Å². The molecule has 1 saturated carbocycles. The Morgan fingerprint density at radius 2 is 1.50 bits per heavy atom. The Morgan fingerprint density at radius 3 is 2.06 bits per heavy atom. The lowest BCUT2D eigenvalue weighted by Crippen LogP contribution is -2.54. The van der Waals surface area contributed by atoms with E-state index in [0.717, 1.165) is 38.8 Å². The van der Waals surface area contributed by atoms with E-state index in [-0.39, 0.29) is 11.3 Å². The molecule has 2 heterocycles. The van der Waals surface area contributed by atoms with Crippen molar-refractivity contribution in [3.63, 3.8) is 0 Å². The summed E-state index contributed by atoms with van der Waals surface area (Å²) in [4.78, 5) is 2.41. The number of nitrogens with zero attached hydrogens (tertiary/aromatic N) is 2. The van der Waals surface area contributed by atoms with Crippen LogP contribution in [0.25, 0.3) is 0 Å². The molecule has 3 rings (SSSR count). The number of nitriles is 1. The maximum absolute atomic E-state index is 9.65. The lowest BCUT2D eigenvalue weighted by molar-refractivity contribution is -0.190. The summed E-state index contributed by atoms with van der Waals surface area (Å²) in [5, 5.41) is 9.65. The van der Waals surface area contributed by atoms with Gasteiger partial charge in [-0.15, -0.1) is 0 Å². The standard InChI is InChI=1S/C14H22N2O2/c15-12-13(16-8-2-1-3-9-16)4-6-14(7-5-13)17-10-11-18-14/h1-11H2. The van der Waals surface area contributed by atoms with Crippen molar-refractivity contribution in [2.45, 2.75) is 56.3 Å². The Morgan fingerprint density at radius 1 is 0.889 bits per heavy atom. The SMILES string of the molecule is N#CC1(N2CCCCC2)CCC2(CC1)OCCO2. The molecular formula is C14H22N2O2. The monoisotopic (exact) mass is 250 g/mol. The molecule has 0 radical (unpaired) electrons. The number of piperidine rings is 1. The second kappa shape index (κ2) is 4.80. The van der Waals surface area contributed by atoms with E-state index >= 15 is 0 Å². The van der Waals surface area contributed by atoms with E-state index in [1.165, 1.54) is 19.3 Å².